The van der Waals surface area contributed by atoms with E-state index >= 15 is 0 Å². The molecule has 0 unspecified atom stereocenters. The Balaban J connectivity index is -0.000000664. The highest BCUT2D eigenvalue weighted by Crippen LogP contribution is 2.13. The van der Waals surface area contributed by atoms with Gasteiger partial charge < -0.3 is 39.9 Å². The van der Waals surface area contributed by atoms with Crippen LogP contribution in [0.1, 0.15) is 117 Å². The lowest BCUT2D eigenvalue weighted by atomic mass is 10.0. The number of ether oxygens (including phenoxy) is 2. The maximum atomic E-state index is 10.8. The van der Waals surface area contributed by atoms with E-state index < -0.39 is 12.0 Å². The van der Waals surface area contributed by atoms with Crippen LogP contribution in [0.3, 0.4) is 0 Å². The number of hydrogen-bond acceptors (Lipinski definition) is 8. The van der Waals surface area contributed by atoms with Crippen molar-refractivity contribution in [2.75, 3.05) is 40.0 Å². The fourth-order valence-electron chi connectivity index (χ4n) is 3.77. The summed E-state index contributed by atoms with van der Waals surface area (Å²) in [7, 11) is 1.62. The van der Waals surface area contributed by atoms with Crippen LogP contribution in [0.2, 0.25) is 0 Å². The van der Waals surface area contributed by atoms with E-state index in [0.717, 1.165) is 37.7 Å². The lowest BCUT2D eigenvalue weighted by Gasteiger charge is -2.13. The lowest BCUT2D eigenvalue weighted by molar-refractivity contribution is -0.139. The first-order chi connectivity index (χ1) is 19.9. The normalized spacial score (nSPS) is 10.8. The number of aldehydes is 2. The van der Waals surface area contributed by atoms with Gasteiger partial charge in [-0.25, -0.2) is 0 Å². The Kier molecular flexibility index (Phi) is 39.8. The molecular weight excluding hydrogens is 524 g/mol. The quantitative estimate of drug-likeness (QED) is 0.0439. The van der Waals surface area contributed by atoms with Crippen LogP contribution in [0.4, 0.5) is 0 Å². The van der Waals surface area contributed by atoms with E-state index in [1.807, 2.05) is 13.8 Å². The van der Waals surface area contributed by atoms with Gasteiger partial charge in [0.2, 0.25) is 0 Å². The predicted molar refractivity (Wildman–Crippen MR) is 168 cm³/mol. The van der Waals surface area contributed by atoms with Crippen molar-refractivity contribution in [3.8, 4) is 0 Å². The van der Waals surface area contributed by atoms with Crippen molar-refractivity contribution in [1.29, 1.82) is 0 Å². The van der Waals surface area contributed by atoms with Crippen LogP contribution in [-0.4, -0.2) is 74.8 Å². The predicted octanol–water partition coefficient (Wildman–Crippen LogP) is 6.52. The number of likely N-dealkylation sites (N-methyl/N-ethyl adjacent to an activating group) is 1. The van der Waals surface area contributed by atoms with Crippen LogP contribution < -0.4 is 10.6 Å². The molecule has 0 aromatic rings. The molecule has 0 aromatic carbocycles. The molecule has 0 aliphatic heterocycles. The summed E-state index contributed by atoms with van der Waals surface area (Å²) in [5.74, 6) is -0.535. The topological polar surface area (TPSA) is 134 Å². The van der Waals surface area contributed by atoms with E-state index in [4.69, 9.17) is 19.7 Å². The fraction of sp³-hybridized carbons (Fsp3) is 0.781. The summed E-state index contributed by atoms with van der Waals surface area (Å²) in [6, 6.07) is -0.556. The molecule has 0 bridgehead atoms. The van der Waals surface area contributed by atoms with Crippen molar-refractivity contribution in [2.45, 2.75) is 123 Å². The number of aliphatic carboxylic acids is 1. The smallest absolute Gasteiger partial charge is 0.320 e. The van der Waals surface area contributed by atoms with Crippen molar-refractivity contribution >= 4 is 18.5 Å². The van der Waals surface area contributed by atoms with Gasteiger partial charge in [0.1, 0.15) is 25.2 Å². The van der Waals surface area contributed by atoms with Crippen LogP contribution >= 0.6 is 0 Å². The van der Waals surface area contributed by atoms with Gasteiger partial charge in [0.15, 0.2) is 0 Å². The second-order valence-electron chi connectivity index (χ2n) is 9.62. The number of unbranched alkanes of at least 4 members (excludes halogenated alkanes) is 12. The zero-order chi connectivity index (χ0) is 31.4. The Hall–Kier alpha value is -2.23. The third-order valence-corrected chi connectivity index (χ3v) is 6.10. The van der Waals surface area contributed by atoms with Gasteiger partial charge in [0.25, 0.3) is 0 Å². The van der Waals surface area contributed by atoms with Crippen LogP contribution in [0.25, 0.3) is 0 Å². The third-order valence-electron chi connectivity index (χ3n) is 6.10. The number of aliphatic hydroxyl groups excluding tert-OH is 1. The van der Waals surface area contributed by atoms with Gasteiger partial charge in [-0.15, -0.1) is 0 Å². The molecule has 9 heteroatoms. The molecule has 9 nitrogen and oxygen atoms in total. The number of carbonyl (C=O) groups is 3. The van der Waals surface area contributed by atoms with Crippen molar-refractivity contribution in [1.82, 2.24) is 10.6 Å². The molecule has 0 saturated carbocycles. The zero-order valence-electron chi connectivity index (χ0n) is 26.4. The molecule has 0 rings (SSSR count). The van der Waals surface area contributed by atoms with Gasteiger partial charge in [0, 0.05) is 25.1 Å². The zero-order valence-corrected chi connectivity index (χ0v) is 26.4. The Morgan fingerprint density at radius 2 is 1.27 bits per heavy atom. The minimum atomic E-state index is -0.862. The van der Waals surface area contributed by atoms with Gasteiger partial charge >= 0.3 is 5.97 Å². The van der Waals surface area contributed by atoms with Gasteiger partial charge in [-0.05, 0) is 32.7 Å². The molecule has 0 saturated heterocycles. The first kappa shape index (κ1) is 43.2. The number of carboxylic acid groups (broad SMARTS) is 1. The average molecular weight is 587 g/mol. The highest BCUT2D eigenvalue weighted by molar-refractivity contribution is 5.73. The number of rotatable bonds is 29. The Bertz CT molecular complexity index is 615. The summed E-state index contributed by atoms with van der Waals surface area (Å²) in [5.41, 5.74) is 0.785. The highest BCUT2D eigenvalue weighted by Gasteiger charge is 2.14. The molecule has 0 fully saturated rings. The Labute approximate surface area is 250 Å². The molecule has 0 heterocycles. The maximum absolute atomic E-state index is 10.8. The summed E-state index contributed by atoms with van der Waals surface area (Å²) in [5, 5.41) is 23.6. The number of aliphatic hydroxyl groups is 1. The van der Waals surface area contributed by atoms with Gasteiger partial charge in [-0.3, -0.25) is 4.79 Å². The van der Waals surface area contributed by atoms with E-state index in [1.54, 1.807) is 7.05 Å². The van der Waals surface area contributed by atoms with Crippen LogP contribution in [0.5, 0.6) is 0 Å². The highest BCUT2D eigenvalue weighted by atomic mass is 16.5. The molecule has 0 aliphatic carbocycles. The molecule has 0 aliphatic rings. The average Bonchev–Trinajstić information content (AvgIpc) is 2.96. The van der Waals surface area contributed by atoms with Gasteiger partial charge in [0.05, 0.1) is 25.6 Å². The minimum Gasteiger partial charge on any atom is -0.513 e. The molecule has 0 radical (unpaired) electrons. The second-order valence-corrected chi connectivity index (χ2v) is 9.62. The standard InChI is InChI=1S/C17H32O2.C13H24N2O5.C2H6/c1-17(19)15-13-11-9-7-5-3-2-4-6-8-10-12-14-16-18;1-11(3-4-12(14-2)13(17)18)15-5-7-19-9-10-20-8-6-16;1-2/h16,19H,1-15H2;6,12,14-15H,1,3-5,7-10H2,2H3,(H,17,18);1-2H3/t;12-;/m.0./s1. The first-order valence-corrected chi connectivity index (χ1v) is 15.6. The lowest BCUT2D eigenvalue weighted by Crippen LogP contribution is -2.34. The molecule has 0 spiro atoms. The minimum absolute atomic E-state index is 0.0919. The van der Waals surface area contributed by atoms with E-state index in [-0.39, 0.29) is 6.61 Å². The first-order valence-electron chi connectivity index (χ1n) is 15.6. The Morgan fingerprint density at radius 1 is 0.756 bits per heavy atom. The van der Waals surface area contributed by atoms with Gasteiger partial charge in [-0.1, -0.05) is 91.2 Å². The van der Waals surface area contributed by atoms with Crippen molar-refractivity contribution in [3.63, 3.8) is 0 Å². The summed E-state index contributed by atoms with van der Waals surface area (Å²) in [4.78, 5) is 30.9. The molecule has 1 atom stereocenters. The SMILES string of the molecule is C=C(CC[C@H](NC)C(=O)O)NCCOCCOCC=O.C=C(O)CCCCCCCCCCCCCCC=O.CC. The summed E-state index contributed by atoms with van der Waals surface area (Å²) < 4.78 is 10.2. The molecule has 242 valence electrons. The van der Waals surface area contributed by atoms with E-state index in [2.05, 4.69) is 23.8 Å². The Morgan fingerprint density at radius 3 is 1.73 bits per heavy atom. The van der Waals surface area contributed by atoms with Crippen molar-refractivity contribution in [2.24, 2.45) is 0 Å². The van der Waals surface area contributed by atoms with Crippen LogP contribution in [0, 0.1) is 0 Å². The molecule has 41 heavy (non-hydrogen) atoms. The largest absolute Gasteiger partial charge is 0.513 e. The van der Waals surface area contributed by atoms with Crippen molar-refractivity contribution < 1.29 is 34.1 Å². The number of hydrogen-bond donors (Lipinski definition) is 4. The summed E-state index contributed by atoms with van der Waals surface area (Å²) in [6.07, 6.45) is 19.6. The van der Waals surface area contributed by atoms with Crippen LogP contribution in [-0.2, 0) is 23.9 Å². The number of nitrogens with one attached hydrogen (secondary N) is 2. The number of carboxylic acids is 1. The fourth-order valence-corrected chi connectivity index (χ4v) is 3.77. The third kappa shape index (κ3) is 40.0. The monoisotopic (exact) mass is 586 g/mol. The summed E-state index contributed by atoms with van der Waals surface area (Å²) in [6.45, 7) is 13.3. The van der Waals surface area contributed by atoms with Gasteiger partial charge in [-0.2, -0.15) is 0 Å². The number of carbonyl (C=O) groups excluding carboxylic acids is 2. The molecule has 0 aromatic heterocycles. The second kappa shape index (κ2) is 37.8. The van der Waals surface area contributed by atoms with E-state index in [0.29, 0.717) is 51.3 Å². The number of allylic oxidation sites excluding steroid dienone is 2. The summed E-state index contributed by atoms with van der Waals surface area (Å²) >= 11 is 0. The molecule has 4 N–H and O–H groups in total. The van der Waals surface area contributed by atoms with E-state index in [1.165, 1.54) is 64.2 Å². The van der Waals surface area contributed by atoms with Crippen molar-refractivity contribution in [3.05, 3.63) is 24.6 Å². The van der Waals surface area contributed by atoms with Crippen LogP contribution in [0.15, 0.2) is 24.6 Å². The molecule has 0 amide bonds. The maximum Gasteiger partial charge on any atom is 0.320 e. The van der Waals surface area contributed by atoms with E-state index in [9.17, 15) is 14.4 Å². The molecular formula is C32H62N2O7.